The average Bonchev–Trinajstić information content (AvgIpc) is 2.43. The number of anilines is 1. The predicted octanol–water partition coefficient (Wildman–Crippen LogP) is 3.25. The van der Waals surface area contributed by atoms with Gasteiger partial charge in [0.2, 0.25) is 0 Å². The van der Waals surface area contributed by atoms with Crippen LogP contribution in [0, 0.1) is 10.1 Å². The van der Waals surface area contributed by atoms with Gasteiger partial charge in [0.25, 0.3) is 11.6 Å². The van der Waals surface area contributed by atoms with Crippen LogP contribution in [-0.4, -0.2) is 20.9 Å². The number of nitro benzene ring substituents is 1. The van der Waals surface area contributed by atoms with Crippen molar-refractivity contribution in [2.24, 2.45) is 0 Å². The summed E-state index contributed by atoms with van der Waals surface area (Å²) < 4.78 is 0. The van der Waals surface area contributed by atoms with Gasteiger partial charge in [0, 0.05) is 6.20 Å². The standard InChI is InChI=1S/C12H7Cl2N3O4/c13-8-5-15-11(14)4-7(8)12(19)16-9-2-1-6(18)3-10(9)17(20)21/h1-5,18H,(H,16,19). The van der Waals surface area contributed by atoms with Crippen LogP contribution in [0.25, 0.3) is 0 Å². The number of hydrogen-bond donors (Lipinski definition) is 2. The van der Waals surface area contributed by atoms with Crippen LogP contribution in [0.1, 0.15) is 10.4 Å². The van der Waals surface area contributed by atoms with Crippen molar-refractivity contribution in [3.63, 3.8) is 0 Å². The summed E-state index contributed by atoms with van der Waals surface area (Å²) in [7, 11) is 0. The molecule has 0 atom stereocenters. The van der Waals surface area contributed by atoms with E-state index in [2.05, 4.69) is 10.3 Å². The molecule has 0 aliphatic carbocycles. The maximum atomic E-state index is 12.1. The lowest BCUT2D eigenvalue weighted by atomic mass is 10.2. The summed E-state index contributed by atoms with van der Waals surface area (Å²) in [6, 6.07) is 4.59. The quantitative estimate of drug-likeness (QED) is 0.389. The number of amides is 1. The number of nitro groups is 1. The highest BCUT2D eigenvalue weighted by molar-refractivity contribution is 6.35. The number of aromatic hydroxyl groups is 1. The molecule has 0 unspecified atom stereocenters. The number of phenolic OH excluding ortho intramolecular Hbond substituents is 1. The molecular formula is C12H7Cl2N3O4. The minimum Gasteiger partial charge on any atom is -0.508 e. The van der Waals surface area contributed by atoms with E-state index in [1.807, 2.05) is 0 Å². The van der Waals surface area contributed by atoms with Crippen molar-refractivity contribution in [3.8, 4) is 5.75 Å². The van der Waals surface area contributed by atoms with Crippen molar-refractivity contribution in [1.82, 2.24) is 4.98 Å². The summed E-state index contributed by atoms with van der Waals surface area (Å²) in [5.41, 5.74) is -0.495. The lowest BCUT2D eigenvalue weighted by molar-refractivity contribution is -0.384. The van der Waals surface area contributed by atoms with Crippen LogP contribution >= 0.6 is 23.2 Å². The summed E-state index contributed by atoms with van der Waals surface area (Å²) in [4.78, 5) is 26.0. The van der Waals surface area contributed by atoms with Crippen LogP contribution in [-0.2, 0) is 0 Å². The molecule has 108 valence electrons. The van der Waals surface area contributed by atoms with Crippen molar-refractivity contribution >= 4 is 40.5 Å². The van der Waals surface area contributed by atoms with Gasteiger partial charge in [-0.15, -0.1) is 0 Å². The number of carbonyl (C=O) groups excluding carboxylic acids is 1. The fourth-order valence-corrected chi connectivity index (χ4v) is 1.90. The van der Waals surface area contributed by atoms with E-state index in [0.717, 1.165) is 6.07 Å². The third-order valence-corrected chi connectivity index (χ3v) is 3.00. The zero-order valence-corrected chi connectivity index (χ0v) is 11.7. The number of nitrogens with zero attached hydrogens (tertiary/aromatic N) is 2. The molecule has 2 rings (SSSR count). The fraction of sp³-hybridized carbons (Fsp3) is 0. The van der Waals surface area contributed by atoms with Gasteiger partial charge in [0.1, 0.15) is 16.6 Å². The third kappa shape index (κ3) is 3.39. The largest absolute Gasteiger partial charge is 0.508 e. The van der Waals surface area contributed by atoms with Gasteiger partial charge in [-0.1, -0.05) is 23.2 Å². The van der Waals surface area contributed by atoms with Gasteiger partial charge in [0.05, 0.1) is 21.6 Å². The predicted molar refractivity (Wildman–Crippen MR) is 77.0 cm³/mol. The number of rotatable bonds is 3. The molecule has 21 heavy (non-hydrogen) atoms. The summed E-state index contributed by atoms with van der Waals surface area (Å²) in [6.07, 6.45) is 1.20. The van der Waals surface area contributed by atoms with Crippen LogP contribution in [0.4, 0.5) is 11.4 Å². The maximum absolute atomic E-state index is 12.1. The Balaban J connectivity index is 2.36. The van der Waals surface area contributed by atoms with Gasteiger partial charge in [-0.2, -0.15) is 0 Å². The third-order valence-electron chi connectivity index (χ3n) is 2.49. The molecule has 0 fully saturated rings. The van der Waals surface area contributed by atoms with Crippen molar-refractivity contribution in [2.45, 2.75) is 0 Å². The second-order valence-electron chi connectivity index (χ2n) is 3.90. The highest BCUT2D eigenvalue weighted by Gasteiger charge is 2.19. The molecule has 1 amide bonds. The number of nitrogens with one attached hydrogen (secondary N) is 1. The molecule has 0 saturated heterocycles. The van der Waals surface area contributed by atoms with E-state index >= 15 is 0 Å². The molecule has 1 aromatic heterocycles. The highest BCUT2D eigenvalue weighted by atomic mass is 35.5. The van der Waals surface area contributed by atoms with Crippen molar-refractivity contribution in [2.75, 3.05) is 5.32 Å². The van der Waals surface area contributed by atoms with Crippen LogP contribution in [0.3, 0.4) is 0 Å². The Hall–Kier alpha value is -2.38. The Labute approximate surface area is 128 Å². The molecule has 0 spiro atoms. The SMILES string of the molecule is O=C(Nc1ccc(O)cc1[N+](=O)[O-])c1cc(Cl)ncc1Cl. The van der Waals surface area contributed by atoms with E-state index < -0.39 is 16.5 Å². The van der Waals surface area contributed by atoms with E-state index in [1.54, 1.807) is 0 Å². The van der Waals surface area contributed by atoms with Gasteiger partial charge in [-0.3, -0.25) is 14.9 Å². The Kier molecular flexibility index (Phi) is 4.25. The van der Waals surface area contributed by atoms with Gasteiger partial charge in [-0.25, -0.2) is 4.98 Å². The lowest BCUT2D eigenvalue weighted by Crippen LogP contribution is -2.14. The van der Waals surface area contributed by atoms with E-state index in [4.69, 9.17) is 23.2 Å². The summed E-state index contributed by atoms with van der Waals surface area (Å²) in [5, 5.41) is 22.6. The smallest absolute Gasteiger partial charge is 0.296 e. The molecule has 1 aromatic carbocycles. The number of hydrogen-bond acceptors (Lipinski definition) is 5. The summed E-state index contributed by atoms with van der Waals surface area (Å²) >= 11 is 11.5. The molecule has 2 aromatic rings. The maximum Gasteiger partial charge on any atom is 0.296 e. The number of benzene rings is 1. The topological polar surface area (TPSA) is 105 Å². The number of aromatic nitrogens is 1. The second kappa shape index (κ2) is 5.94. The van der Waals surface area contributed by atoms with Gasteiger partial charge in [-0.05, 0) is 18.2 Å². The zero-order chi connectivity index (χ0) is 15.6. The number of pyridine rings is 1. The molecule has 0 saturated carbocycles. The molecule has 1 heterocycles. The van der Waals surface area contributed by atoms with E-state index in [-0.39, 0.29) is 27.2 Å². The van der Waals surface area contributed by atoms with Crippen molar-refractivity contribution in [3.05, 3.63) is 56.3 Å². The van der Waals surface area contributed by atoms with Crippen LogP contribution in [0.15, 0.2) is 30.5 Å². The van der Waals surface area contributed by atoms with Crippen molar-refractivity contribution in [1.29, 1.82) is 0 Å². The molecule has 7 nitrogen and oxygen atoms in total. The van der Waals surface area contributed by atoms with Crippen LogP contribution < -0.4 is 5.32 Å². The Bertz CT molecular complexity index is 736. The molecular weight excluding hydrogens is 321 g/mol. The van der Waals surface area contributed by atoms with Crippen LogP contribution in [0.2, 0.25) is 10.2 Å². The fourth-order valence-electron chi connectivity index (χ4n) is 1.55. The number of phenols is 1. The first-order valence-corrected chi connectivity index (χ1v) is 6.24. The first kappa shape index (κ1) is 15.0. The van der Waals surface area contributed by atoms with E-state index in [9.17, 15) is 20.0 Å². The monoisotopic (exact) mass is 327 g/mol. The Morgan fingerprint density at radius 3 is 2.71 bits per heavy atom. The van der Waals surface area contributed by atoms with E-state index in [1.165, 1.54) is 24.4 Å². The average molecular weight is 328 g/mol. The van der Waals surface area contributed by atoms with E-state index in [0.29, 0.717) is 0 Å². The minimum absolute atomic E-state index is 0.0269. The van der Waals surface area contributed by atoms with Gasteiger partial charge in [0.15, 0.2) is 0 Å². The normalized spacial score (nSPS) is 10.2. The first-order chi connectivity index (χ1) is 9.88. The summed E-state index contributed by atoms with van der Waals surface area (Å²) in [6.45, 7) is 0. The van der Waals surface area contributed by atoms with Crippen LogP contribution in [0.5, 0.6) is 5.75 Å². The molecule has 2 N–H and O–H groups in total. The second-order valence-corrected chi connectivity index (χ2v) is 4.69. The van der Waals surface area contributed by atoms with Gasteiger partial charge >= 0.3 is 0 Å². The minimum atomic E-state index is -0.726. The molecule has 0 aliphatic heterocycles. The zero-order valence-electron chi connectivity index (χ0n) is 10.2. The molecule has 0 aliphatic rings. The highest BCUT2D eigenvalue weighted by Crippen LogP contribution is 2.29. The lowest BCUT2D eigenvalue weighted by Gasteiger charge is -2.07. The summed E-state index contributed by atoms with van der Waals surface area (Å²) in [5.74, 6) is -0.970. The number of carbonyl (C=O) groups is 1. The van der Waals surface area contributed by atoms with Crippen molar-refractivity contribution < 1.29 is 14.8 Å². The molecule has 0 bridgehead atoms. The van der Waals surface area contributed by atoms with Gasteiger partial charge < -0.3 is 10.4 Å². The molecule has 0 radical (unpaired) electrons. The first-order valence-electron chi connectivity index (χ1n) is 5.48. The Morgan fingerprint density at radius 2 is 2.05 bits per heavy atom. The molecule has 9 heteroatoms. The Morgan fingerprint density at radius 1 is 1.33 bits per heavy atom. The number of halogens is 2.